The van der Waals surface area contributed by atoms with E-state index in [1.165, 1.54) is 12.8 Å². The maximum Gasteiger partial charge on any atom is 0.220 e. The number of hydrogen-bond donors (Lipinski definition) is 2. The van der Waals surface area contributed by atoms with E-state index in [0.29, 0.717) is 18.9 Å². The fourth-order valence-corrected chi connectivity index (χ4v) is 2.34. The quantitative estimate of drug-likeness (QED) is 0.813. The molecular weight excluding hydrogens is 288 g/mol. The molecular formula is C16H25ClN2O2. The predicted octanol–water partition coefficient (Wildman–Crippen LogP) is 2.46. The molecule has 118 valence electrons. The number of benzene rings is 1. The molecule has 2 atom stereocenters. The van der Waals surface area contributed by atoms with Gasteiger partial charge in [0.05, 0.1) is 7.11 Å². The highest BCUT2D eigenvalue weighted by Crippen LogP contribution is 2.31. The van der Waals surface area contributed by atoms with E-state index in [4.69, 9.17) is 10.5 Å². The van der Waals surface area contributed by atoms with Crippen molar-refractivity contribution in [3.63, 3.8) is 0 Å². The number of methoxy groups -OCH3 is 1. The Hall–Kier alpha value is -1.26. The van der Waals surface area contributed by atoms with E-state index in [2.05, 4.69) is 12.2 Å². The second kappa shape index (κ2) is 8.25. The summed E-state index contributed by atoms with van der Waals surface area (Å²) in [7, 11) is 1.65. The molecule has 0 aromatic heterocycles. The van der Waals surface area contributed by atoms with E-state index in [9.17, 15) is 4.79 Å². The zero-order valence-electron chi connectivity index (χ0n) is 12.7. The van der Waals surface area contributed by atoms with Gasteiger partial charge in [0, 0.05) is 19.0 Å². The van der Waals surface area contributed by atoms with Crippen LogP contribution >= 0.6 is 12.4 Å². The molecule has 4 nitrogen and oxygen atoms in total. The van der Waals surface area contributed by atoms with Gasteiger partial charge in [0.15, 0.2) is 0 Å². The molecule has 0 aliphatic heterocycles. The Labute approximate surface area is 132 Å². The summed E-state index contributed by atoms with van der Waals surface area (Å²) in [4.78, 5) is 11.9. The lowest BCUT2D eigenvalue weighted by Gasteiger charge is -2.15. The molecule has 3 N–H and O–H groups in total. The molecule has 1 amide bonds. The molecule has 0 heterocycles. The van der Waals surface area contributed by atoms with E-state index in [0.717, 1.165) is 11.3 Å². The zero-order chi connectivity index (χ0) is 14.5. The minimum Gasteiger partial charge on any atom is -0.497 e. The van der Waals surface area contributed by atoms with Gasteiger partial charge in [0.2, 0.25) is 5.91 Å². The van der Waals surface area contributed by atoms with E-state index in [1.807, 2.05) is 24.3 Å². The smallest absolute Gasteiger partial charge is 0.220 e. The first-order valence-electron chi connectivity index (χ1n) is 7.26. The topological polar surface area (TPSA) is 64.3 Å². The Balaban J connectivity index is 0.00000220. The highest BCUT2D eigenvalue weighted by Gasteiger charge is 2.28. The Kier molecular flexibility index (Phi) is 6.99. The average molecular weight is 313 g/mol. The molecule has 1 aromatic carbocycles. The molecule has 1 aliphatic carbocycles. The highest BCUT2D eigenvalue weighted by atomic mass is 35.5. The maximum atomic E-state index is 11.9. The average Bonchev–Trinajstić information content (AvgIpc) is 3.29. The monoisotopic (exact) mass is 312 g/mol. The van der Waals surface area contributed by atoms with Crippen LogP contribution in [0, 0.1) is 5.92 Å². The summed E-state index contributed by atoms with van der Waals surface area (Å²) in [5.41, 5.74) is 7.09. The number of rotatable bonds is 7. The van der Waals surface area contributed by atoms with Crippen LogP contribution in [0.15, 0.2) is 24.3 Å². The Morgan fingerprint density at radius 1 is 1.48 bits per heavy atom. The lowest BCUT2D eigenvalue weighted by Crippen LogP contribution is -2.38. The number of halogens is 1. The highest BCUT2D eigenvalue weighted by molar-refractivity contribution is 5.85. The number of nitrogens with two attached hydrogens (primary N) is 1. The third-order valence-electron chi connectivity index (χ3n) is 3.92. The van der Waals surface area contributed by atoms with Gasteiger partial charge >= 0.3 is 0 Å². The third kappa shape index (κ3) is 5.56. The fourth-order valence-electron chi connectivity index (χ4n) is 2.34. The largest absolute Gasteiger partial charge is 0.497 e. The molecule has 2 unspecified atom stereocenters. The first kappa shape index (κ1) is 17.8. The lowest BCUT2D eigenvalue weighted by molar-refractivity contribution is -0.121. The van der Waals surface area contributed by atoms with Crippen LogP contribution in [0.2, 0.25) is 0 Å². The number of ether oxygens (including phenoxy) is 1. The molecule has 0 bridgehead atoms. The standard InChI is InChI=1S/C16H24N2O2.ClH/c1-11(13-4-3-5-14(9-13)20-2)8-16(19)18-10-15(17)12-6-7-12;/h3-5,9,11-12,15H,6-8,10,17H2,1-2H3,(H,18,19);1H. The van der Waals surface area contributed by atoms with Crippen LogP contribution < -0.4 is 15.8 Å². The van der Waals surface area contributed by atoms with Crippen LogP contribution in [0.5, 0.6) is 5.75 Å². The van der Waals surface area contributed by atoms with Crippen LogP contribution in [0.4, 0.5) is 0 Å². The summed E-state index contributed by atoms with van der Waals surface area (Å²) in [6.07, 6.45) is 2.89. The predicted molar refractivity (Wildman–Crippen MR) is 87.0 cm³/mol. The summed E-state index contributed by atoms with van der Waals surface area (Å²) in [6, 6.07) is 7.98. The zero-order valence-corrected chi connectivity index (χ0v) is 13.5. The Bertz CT molecular complexity index is 463. The van der Waals surface area contributed by atoms with Crippen molar-refractivity contribution in [2.24, 2.45) is 11.7 Å². The van der Waals surface area contributed by atoms with Crippen molar-refractivity contribution in [2.45, 2.75) is 38.1 Å². The molecule has 0 radical (unpaired) electrons. The molecule has 1 fully saturated rings. The van der Waals surface area contributed by atoms with Crippen LogP contribution in [-0.4, -0.2) is 25.6 Å². The van der Waals surface area contributed by atoms with E-state index in [1.54, 1.807) is 7.11 Å². The summed E-state index contributed by atoms with van der Waals surface area (Å²) in [5.74, 6) is 1.68. The van der Waals surface area contributed by atoms with Crippen molar-refractivity contribution in [1.29, 1.82) is 0 Å². The van der Waals surface area contributed by atoms with Crippen molar-refractivity contribution in [3.05, 3.63) is 29.8 Å². The van der Waals surface area contributed by atoms with Gasteiger partial charge in [0.25, 0.3) is 0 Å². The molecule has 1 saturated carbocycles. The van der Waals surface area contributed by atoms with Gasteiger partial charge in [-0.15, -0.1) is 12.4 Å². The molecule has 0 spiro atoms. The Morgan fingerprint density at radius 2 is 2.19 bits per heavy atom. The van der Waals surface area contributed by atoms with E-state index >= 15 is 0 Å². The van der Waals surface area contributed by atoms with Crippen molar-refractivity contribution in [3.8, 4) is 5.75 Å². The normalized spacial score (nSPS) is 16.5. The van der Waals surface area contributed by atoms with Gasteiger partial charge in [-0.2, -0.15) is 0 Å². The third-order valence-corrected chi connectivity index (χ3v) is 3.92. The van der Waals surface area contributed by atoms with Gasteiger partial charge in [-0.3, -0.25) is 4.79 Å². The van der Waals surface area contributed by atoms with E-state index in [-0.39, 0.29) is 30.3 Å². The SMILES string of the molecule is COc1cccc(C(C)CC(=O)NCC(N)C2CC2)c1.Cl. The van der Waals surface area contributed by atoms with Gasteiger partial charge in [-0.05, 0) is 42.4 Å². The van der Waals surface area contributed by atoms with Gasteiger partial charge < -0.3 is 15.8 Å². The van der Waals surface area contributed by atoms with Crippen molar-refractivity contribution >= 4 is 18.3 Å². The van der Waals surface area contributed by atoms with Crippen molar-refractivity contribution < 1.29 is 9.53 Å². The molecule has 21 heavy (non-hydrogen) atoms. The van der Waals surface area contributed by atoms with Gasteiger partial charge in [0.1, 0.15) is 5.75 Å². The first-order chi connectivity index (χ1) is 9.60. The molecule has 2 rings (SSSR count). The van der Waals surface area contributed by atoms with Crippen molar-refractivity contribution in [2.75, 3.05) is 13.7 Å². The Morgan fingerprint density at radius 3 is 2.81 bits per heavy atom. The summed E-state index contributed by atoms with van der Waals surface area (Å²) in [5, 5.41) is 2.94. The number of hydrogen-bond acceptors (Lipinski definition) is 3. The molecule has 1 aromatic rings. The summed E-state index contributed by atoms with van der Waals surface area (Å²) >= 11 is 0. The number of carbonyl (C=O) groups excluding carboxylic acids is 1. The number of nitrogens with one attached hydrogen (secondary N) is 1. The minimum atomic E-state index is 0. The van der Waals surface area contributed by atoms with Crippen LogP contribution in [0.3, 0.4) is 0 Å². The lowest BCUT2D eigenvalue weighted by atomic mass is 9.97. The van der Waals surface area contributed by atoms with Gasteiger partial charge in [-0.25, -0.2) is 0 Å². The number of carbonyl (C=O) groups is 1. The minimum absolute atomic E-state index is 0. The van der Waals surface area contributed by atoms with Gasteiger partial charge in [-0.1, -0.05) is 19.1 Å². The van der Waals surface area contributed by atoms with Crippen LogP contribution in [0.1, 0.15) is 37.7 Å². The number of amides is 1. The van der Waals surface area contributed by atoms with Crippen molar-refractivity contribution in [1.82, 2.24) is 5.32 Å². The fraction of sp³-hybridized carbons (Fsp3) is 0.562. The molecule has 1 aliphatic rings. The maximum absolute atomic E-state index is 11.9. The first-order valence-corrected chi connectivity index (χ1v) is 7.26. The van der Waals surface area contributed by atoms with E-state index < -0.39 is 0 Å². The molecule has 5 heteroatoms. The second-order valence-electron chi connectivity index (χ2n) is 5.69. The summed E-state index contributed by atoms with van der Waals surface area (Å²) in [6.45, 7) is 2.64. The van der Waals surface area contributed by atoms with Crippen LogP contribution in [-0.2, 0) is 4.79 Å². The van der Waals surface area contributed by atoms with Crippen LogP contribution in [0.25, 0.3) is 0 Å². The second-order valence-corrected chi connectivity index (χ2v) is 5.69. The molecule has 0 saturated heterocycles. The summed E-state index contributed by atoms with van der Waals surface area (Å²) < 4.78 is 5.21.